The molecular formula is C23H27N3O3. The Morgan fingerprint density at radius 1 is 1.03 bits per heavy atom. The first-order valence-electron chi connectivity index (χ1n) is 10.3. The van der Waals surface area contributed by atoms with Crippen molar-refractivity contribution in [3.63, 3.8) is 0 Å². The van der Waals surface area contributed by atoms with Crippen molar-refractivity contribution in [1.82, 2.24) is 4.90 Å². The molecule has 6 nitrogen and oxygen atoms in total. The second-order valence-corrected chi connectivity index (χ2v) is 7.69. The van der Waals surface area contributed by atoms with Crippen LogP contribution in [0.3, 0.4) is 0 Å². The molecule has 2 aromatic rings. The summed E-state index contributed by atoms with van der Waals surface area (Å²) >= 11 is 0. The number of benzene rings is 2. The zero-order chi connectivity index (χ0) is 20.2. The fourth-order valence-electron chi connectivity index (χ4n) is 4.19. The fourth-order valence-corrected chi connectivity index (χ4v) is 4.19. The van der Waals surface area contributed by atoms with Gasteiger partial charge in [-0.2, -0.15) is 0 Å². The monoisotopic (exact) mass is 393 g/mol. The maximum absolute atomic E-state index is 13.0. The number of nitrogens with two attached hydrogens (primary N) is 1. The van der Waals surface area contributed by atoms with Crippen LogP contribution >= 0.6 is 0 Å². The first-order valence-corrected chi connectivity index (χ1v) is 10.3. The maximum atomic E-state index is 13.0. The predicted octanol–water partition coefficient (Wildman–Crippen LogP) is 3.11. The third-order valence-corrected chi connectivity index (χ3v) is 5.76. The van der Waals surface area contributed by atoms with Crippen molar-refractivity contribution in [2.45, 2.75) is 43.9 Å². The van der Waals surface area contributed by atoms with E-state index in [9.17, 15) is 9.59 Å². The molecule has 0 aromatic heterocycles. The lowest BCUT2D eigenvalue weighted by Gasteiger charge is -2.25. The van der Waals surface area contributed by atoms with E-state index >= 15 is 0 Å². The van der Waals surface area contributed by atoms with Crippen LogP contribution in [0.4, 0.5) is 5.69 Å². The van der Waals surface area contributed by atoms with Crippen LogP contribution in [0, 0.1) is 0 Å². The van der Waals surface area contributed by atoms with Gasteiger partial charge in [0.05, 0.1) is 12.1 Å². The van der Waals surface area contributed by atoms with Crippen molar-refractivity contribution in [3.8, 4) is 0 Å². The van der Waals surface area contributed by atoms with Gasteiger partial charge in [0.2, 0.25) is 0 Å². The average Bonchev–Trinajstić information content (AvgIpc) is 3.44. The predicted molar refractivity (Wildman–Crippen MR) is 111 cm³/mol. The molecule has 0 radical (unpaired) electrons. The third-order valence-electron chi connectivity index (χ3n) is 5.76. The Balaban J connectivity index is 1.40. The molecule has 152 valence electrons. The highest BCUT2D eigenvalue weighted by Crippen LogP contribution is 2.33. The van der Waals surface area contributed by atoms with Crippen LogP contribution in [0.25, 0.3) is 0 Å². The number of rotatable bonds is 5. The fraction of sp³-hybridized carbons (Fsp3) is 0.391. The van der Waals surface area contributed by atoms with Gasteiger partial charge in [-0.05, 0) is 55.5 Å². The molecule has 6 heteroatoms. The molecule has 2 fully saturated rings. The van der Waals surface area contributed by atoms with Gasteiger partial charge in [-0.3, -0.25) is 9.59 Å². The molecule has 29 heavy (non-hydrogen) atoms. The number of amides is 2. The highest BCUT2D eigenvalue weighted by Gasteiger charge is 2.31. The number of nitrogens with zero attached hydrogens (tertiary/aromatic N) is 1. The Morgan fingerprint density at radius 3 is 2.48 bits per heavy atom. The minimum Gasteiger partial charge on any atom is -0.364 e. The summed E-state index contributed by atoms with van der Waals surface area (Å²) < 4.78 is 5.63. The Kier molecular flexibility index (Phi) is 5.92. The topological polar surface area (TPSA) is 84.7 Å². The molecular weight excluding hydrogens is 366 g/mol. The summed E-state index contributed by atoms with van der Waals surface area (Å²) in [5, 5.41) is 2.87. The zero-order valence-corrected chi connectivity index (χ0v) is 16.4. The Labute approximate surface area is 171 Å². The highest BCUT2D eigenvalue weighted by molar-refractivity contribution is 5.97. The molecule has 2 aliphatic rings. The Hall–Kier alpha value is -2.70. The first kappa shape index (κ1) is 19.6. The minimum atomic E-state index is -0.457. The van der Waals surface area contributed by atoms with Crippen LogP contribution in [-0.2, 0) is 9.53 Å². The van der Waals surface area contributed by atoms with Crippen molar-refractivity contribution in [3.05, 3.63) is 65.7 Å². The Bertz CT molecular complexity index is 853. The van der Waals surface area contributed by atoms with Crippen molar-refractivity contribution < 1.29 is 14.3 Å². The summed E-state index contributed by atoms with van der Waals surface area (Å²) in [7, 11) is 0. The van der Waals surface area contributed by atoms with Crippen molar-refractivity contribution in [1.29, 1.82) is 0 Å². The molecule has 2 amide bonds. The van der Waals surface area contributed by atoms with Gasteiger partial charge in [0.1, 0.15) is 6.10 Å². The van der Waals surface area contributed by atoms with E-state index in [-0.39, 0.29) is 24.0 Å². The molecule has 2 heterocycles. The molecule has 0 saturated carbocycles. The number of likely N-dealkylation sites (tertiary alicyclic amines) is 1. The largest absolute Gasteiger partial charge is 0.364 e. The molecule has 3 N–H and O–H groups in total. The lowest BCUT2D eigenvalue weighted by molar-refractivity contribution is -0.126. The first-order chi connectivity index (χ1) is 14.2. The van der Waals surface area contributed by atoms with Gasteiger partial charge in [0.15, 0.2) is 0 Å². The lowest BCUT2D eigenvalue weighted by Crippen LogP contribution is -2.31. The third kappa shape index (κ3) is 4.33. The summed E-state index contributed by atoms with van der Waals surface area (Å²) in [6.45, 7) is 1.19. The summed E-state index contributed by atoms with van der Waals surface area (Å²) in [6, 6.07) is 17.4. The van der Waals surface area contributed by atoms with Gasteiger partial charge < -0.3 is 20.7 Å². The molecule has 2 aromatic carbocycles. The van der Waals surface area contributed by atoms with Gasteiger partial charge in [-0.15, -0.1) is 0 Å². The number of anilines is 1. The van der Waals surface area contributed by atoms with Crippen LogP contribution in [0.1, 0.15) is 47.6 Å². The maximum Gasteiger partial charge on any atom is 0.254 e. The van der Waals surface area contributed by atoms with Crippen molar-refractivity contribution in [2.24, 2.45) is 5.73 Å². The van der Waals surface area contributed by atoms with Crippen molar-refractivity contribution >= 4 is 17.5 Å². The molecule has 3 atom stereocenters. The van der Waals surface area contributed by atoms with Gasteiger partial charge >= 0.3 is 0 Å². The zero-order valence-electron chi connectivity index (χ0n) is 16.4. The van der Waals surface area contributed by atoms with Crippen LogP contribution in [0.5, 0.6) is 0 Å². The molecule has 2 saturated heterocycles. The van der Waals surface area contributed by atoms with E-state index in [0.29, 0.717) is 24.2 Å². The standard InChI is InChI=1S/C23H27N3O3/c24-15-19-12-13-21(29-19)22(27)25-18-10-8-17(9-11-18)23(28)26-14-4-7-20(26)16-5-2-1-3-6-16/h1-3,5-6,8-11,19-21H,4,7,12-15,24H2,(H,25,27)/t19-,20?,21+/m1/s1. The molecule has 0 spiro atoms. The smallest absolute Gasteiger partial charge is 0.254 e. The van der Waals surface area contributed by atoms with Crippen LogP contribution in [0.2, 0.25) is 0 Å². The van der Waals surface area contributed by atoms with Gasteiger partial charge in [0.25, 0.3) is 11.8 Å². The van der Waals surface area contributed by atoms with E-state index in [1.165, 1.54) is 5.56 Å². The average molecular weight is 393 g/mol. The number of hydrogen-bond acceptors (Lipinski definition) is 4. The van der Waals surface area contributed by atoms with Gasteiger partial charge in [0, 0.05) is 24.3 Å². The van der Waals surface area contributed by atoms with E-state index in [1.807, 2.05) is 23.1 Å². The SMILES string of the molecule is NC[C@H]1CC[C@@H](C(=O)Nc2ccc(C(=O)N3CCCC3c3ccccc3)cc2)O1. The number of hydrogen-bond donors (Lipinski definition) is 2. The lowest BCUT2D eigenvalue weighted by atomic mass is 10.0. The van der Waals surface area contributed by atoms with Gasteiger partial charge in [-0.1, -0.05) is 30.3 Å². The second kappa shape index (κ2) is 8.76. The number of ether oxygens (including phenoxy) is 1. The summed E-state index contributed by atoms with van der Waals surface area (Å²) in [5.41, 5.74) is 8.07. The van der Waals surface area contributed by atoms with E-state index in [2.05, 4.69) is 17.4 Å². The van der Waals surface area contributed by atoms with Crippen LogP contribution in [-0.4, -0.2) is 42.0 Å². The quantitative estimate of drug-likeness (QED) is 0.817. The number of carbonyl (C=O) groups excluding carboxylic acids is 2. The number of carbonyl (C=O) groups is 2. The molecule has 2 aliphatic heterocycles. The second-order valence-electron chi connectivity index (χ2n) is 7.69. The summed E-state index contributed by atoms with van der Waals surface area (Å²) in [5.74, 6) is -0.136. The van der Waals surface area contributed by atoms with E-state index in [4.69, 9.17) is 10.5 Å². The normalized spacial score (nSPS) is 23.9. The Morgan fingerprint density at radius 2 is 1.79 bits per heavy atom. The van der Waals surface area contributed by atoms with Crippen LogP contribution in [0.15, 0.2) is 54.6 Å². The molecule has 4 rings (SSSR count). The van der Waals surface area contributed by atoms with Crippen molar-refractivity contribution in [2.75, 3.05) is 18.4 Å². The molecule has 0 aliphatic carbocycles. The van der Waals surface area contributed by atoms with E-state index in [0.717, 1.165) is 25.8 Å². The van der Waals surface area contributed by atoms with E-state index in [1.54, 1.807) is 24.3 Å². The minimum absolute atomic E-state index is 0.0270. The number of nitrogens with one attached hydrogen (secondary N) is 1. The highest BCUT2D eigenvalue weighted by atomic mass is 16.5. The molecule has 1 unspecified atom stereocenters. The summed E-state index contributed by atoms with van der Waals surface area (Å²) in [6.07, 6.45) is 2.98. The van der Waals surface area contributed by atoms with Crippen LogP contribution < -0.4 is 11.1 Å². The van der Waals surface area contributed by atoms with Gasteiger partial charge in [-0.25, -0.2) is 0 Å². The molecule has 0 bridgehead atoms. The summed E-state index contributed by atoms with van der Waals surface area (Å²) in [4.78, 5) is 27.3. The van der Waals surface area contributed by atoms with E-state index < -0.39 is 6.10 Å².